The number of rotatable bonds is 9. The number of nitrogens with one attached hydrogen (secondary N) is 1. The molecule has 0 aliphatic rings. The quantitative estimate of drug-likeness (QED) is 0.195. The Kier molecular flexibility index (Phi) is 8.20. The fraction of sp³-hybridized carbons (Fsp3) is 0.242. The molecular weight excluding hydrogens is 503 g/mol. The van der Waals surface area contributed by atoms with Gasteiger partial charge >= 0.3 is 6.03 Å². The summed E-state index contributed by atoms with van der Waals surface area (Å²) >= 11 is 0. The first-order chi connectivity index (χ1) is 19.5. The minimum absolute atomic E-state index is 0.108. The minimum atomic E-state index is -0.586. The van der Waals surface area contributed by atoms with Crippen molar-refractivity contribution in [3.05, 3.63) is 113 Å². The molecule has 0 spiro atoms. The van der Waals surface area contributed by atoms with E-state index in [0.717, 1.165) is 36.5 Å². The van der Waals surface area contributed by atoms with E-state index >= 15 is 0 Å². The lowest BCUT2D eigenvalue weighted by Crippen LogP contribution is -2.40. The molecule has 0 aliphatic heterocycles. The van der Waals surface area contributed by atoms with E-state index < -0.39 is 17.9 Å². The highest BCUT2D eigenvalue weighted by atomic mass is 19.1. The van der Waals surface area contributed by atoms with Gasteiger partial charge in [0.25, 0.3) is 5.56 Å². The molecule has 0 aliphatic carbocycles. The van der Waals surface area contributed by atoms with Gasteiger partial charge in [0.05, 0.1) is 28.3 Å². The van der Waals surface area contributed by atoms with Crippen LogP contribution in [0.4, 0.5) is 14.9 Å². The zero-order valence-electron chi connectivity index (χ0n) is 22.8. The number of urea groups is 1. The van der Waals surface area contributed by atoms with E-state index in [9.17, 15) is 14.0 Å². The number of benzene rings is 4. The highest BCUT2D eigenvalue weighted by Crippen LogP contribution is 2.26. The van der Waals surface area contributed by atoms with Gasteiger partial charge in [-0.1, -0.05) is 80.8 Å². The largest absolute Gasteiger partial charge is 0.322 e. The first-order valence-corrected chi connectivity index (χ1v) is 13.8. The highest BCUT2D eigenvalue weighted by molar-refractivity contribution is 5.90. The number of hydrogen-bond acceptors (Lipinski definition) is 3. The molecule has 4 aromatic carbocycles. The molecule has 0 saturated carbocycles. The van der Waals surface area contributed by atoms with Crippen molar-refractivity contribution >= 4 is 33.4 Å². The number of fused-ring (bicyclic) bond motifs is 2. The van der Waals surface area contributed by atoms with Gasteiger partial charge in [-0.25, -0.2) is 14.2 Å². The molecule has 0 saturated heterocycles. The lowest BCUT2D eigenvalue weighted by Gasteiger charge is -2.31. The van der Waals surface area contributed by atoms with Crippen LogP contribution in [0, 0.1) is 5.82 Å². The molecule has 6 nitrogen and oxygen atoms in total. The number of nitrogens with zero attached hydrogens (tertiary/aromatic N) is 3. The van der Waals surface area contributed by atoms with Crippen molar-refractivity contribution in [2.45, 2.75) is 45.6 Å². The van der Waals surface area contributed by atoms with E-state index in [-0.39, 0.29) is 11.2 Å². The Hall–Kier alpha value is -4.52. The number of amides is 2. The van der Waals surface area contributed by atoms with Gasteiger partial charge in [0.15, 0.2) is 0 Å². The second kappa shape index (κ2) is 12.1. The fourth-order valence-electron chi connectivity index (χ4n) is 5.06. The smallest absolute Gasteiger partial charge is 0.315 e. The zero-order valence-corrected chi connectivity index (χ0v) is 22.8. The lowest BCUT2D eigenvalue weighted by molar-refractivity contribution is 0.187. The van der Waals surface area contributed by atoms with E-state index in [1.165, 1.54) is 12.1 Å². The summed E-state index contributed by atoms with van der Waals surface area (Å²) < 4.78 is 16.0. The molecule has 1 unspecified atom stereocenters. The average Bonchev–Trinajstić information content (AvgIpc) is 2.97. The highest BCUT2D eigenvalue weighted by Gasteiger charge is 2.27. The van der Waals surface area contributed by atoms with Gasteiger partial charge in [-0.2, -0.15) is 0 Å². The number of para-hydroxylation sites is 2. The third kappa shape index (κ3) is 5.59. The van der Waals surface area contributed by atoms with Crippen LogP contribution in [-0.4, -0.2) is 27.0 Å². The third-order valence-corrected chi connectivity index (χ3v) is 7.26. The van der Waals surface area contributed by atoms with Crippen LogP contribution in [0.1, 0.15) is 51.4 Å². The number of aromatic nitrogens is 2. The summed E-state index contributed by atoms with van der Waals surface area (Å²) in [4.78, 5) is 34.2. The van der Waals surface area contributed by atoms with Gasteiger partial charge in [0, 0.05) is 6.54 Å². The Morgan fingerprint density at radius 3 is 2.45 bits per heavy atom. The van der Waals surface area contributed by atoms with Crippen molar-refractivity contribution in [3.8, 4) is 5.69 Å². The molecule has 5 aromatic rings. The van der Waals surface area contributed by atoms with Crippen molar-refractivity contribution in [2.24, 2.45) is 0 Å². The normalized spacial score (nSPS) is 12.0. The summed E-state index contributed by atoms with van der Waals surface area (Å²) in [6.45, 7) is 4.43. The van der Waals surface area contributed by atoms with E-state index in [1.807, 2.05) is 67.6 Å². The average molecular weight is 537 g/mol. The van der Waals surface area contributed by atoms with Crippen molar-refractivity contribution in [2.75, 3.05) is 11.9 Å². The Labute approximate surface area is 233 Å². The molecule has 5 rings (SSSR count). The second-order valence-corrected chi connectivity index (χ2v) is 10.00. The summed E-state index contributed by atoms with van der Waals surface area (Å²) in [5.41, 5.74) is 1.14. The summed E-state index contributed by atoms with van der Waals surface area (Å²) in [7, 11) is 0. The first kappa shape index (κ1) is 27.1. The SMILES string of the molecule is CCCCCCN(C(=O)Nc1ccccc1F)C(C)c1nc2ccccc2c(=O)n1-c1ccc2ccccc2c1. The second-order valence-electron chi connectivity index (χ2n) is 10.00. The van der Waals surface area contributed by atoms with Gasteiger partial charge in [-0.3, -0.25) is 9.36 Å². The topological polar surface area (TPSA) is 67.2 Å². The van der Waals surface area contributed by atoms with Crippen LogP contribution in [0.5, 0.6) is 0 Å². The molecule has 0 radical (unpaired) electrons. The van der Waals surface area contributed by atoms with Crippen molar-refractivity contribution in [1.29, 1.82) is 0 Å². The van der Waals surface area contributed by atoms with Crippen LogP contribution in [0.25, 0.3) is 27.4 Å². The summed E-state index contributed by atoms with van der Waals surface area (Å²) in [5, 5.41) is 5.28. The van der Waals surface area contributed by atoms with Gasteiger partial charge in [0.1, 0.15) is 11.6 Å². The molecule has 0 bridgehead atoms. The molecule has 204 valence electrons. The van der Waals surface area contributed by atoms with Crippen LogP contribution >= 0.6 is 0 Å². The Balaban J connectivity index is 1.62. The Morgan fingerprint density at radius 2 is 1.65 bits per heavy atom. The summed E-state index contributed by atoms with van der Waals surface area (Å²) in [6.07, 6.45) is 3.84. The third-order valence-electron chi connectivity index (χ3n) is 7.26. The maximum Gasteiger partial charge on any atom is 0.322 e. The number of unbranched alkanes of at least 4 members (excludes halogenated alkanes) is 3. The molecule has 7 heteroatoms. The predicted octanol–water partition coefficient (Wildman–Crippen LogP) is 7.85. The van der Waals surface area contributed by atoms with E-state index in [4.69, 9.17) is 4.98 Å². The number of hydrogen-bond donors (Lipinski definition) is 1. The van der Waals surface area contributed by atoms with Crippen LogP contribution in [-0.2, 0) is 0 Å². The summed E-state index contributed by atoms with van der Waals surface area (Å²) in [6, 6.07) is 26.1. The number of carbonyl (C=O) groups is 1. The molecule has 1 N–H and O–H groups in total. The van der Waals surface area contributed by atoms with Gasteiger partial charge in [-0.05, 0) is 60.5 Å². The molecule has 1 atom stereocenters. The Morgan fingerprint density at radius 1 is 0.925 bits per heavy atom. The van der Waals surface area contributed by atoms with Gasteiger partial charge < -0.3 is 10.2 Å². The van der Waals surface area contributed by atoms with Crippen LogP contribution in [0.2, 0.25) is 0 Å². The number of halogens is 1. The lowest BCUT2D eigenvalue weighted by atomic mass is 10.1. The van der Waals surface area contributed by atoms with Crippen molar-refractivity contribution < 1.29 is 9.18 Å². The maximum absolute atomic E-state index is 14.4. The molecule has 40 heavy (non-hydrogen) atoms. The first-order valence-electron chi connectivity index (χ1n) is 13.8. The monoisotopic (exact) mass is 536 g/mol. The van der Waals surface area contributed by atoms with Crippen LogP contribution < -0.4 is 10.9 Å². The van der Waals surface area contributed by atoms with Gasteiger partial charge in [0.2, 0.25) is 0 Å². The minimum Gasteiger partial charge on any atom is -0.315 e. The standard InChI is InChI=1S/C33H33FN4O2/c1-3-4-5-12-21-37(33(40)36-30-18-11-9-16-28(30)34)23(2)31-35-29-17-10-8-15-27(29)32(39)38(31)26-20-19-24-13-6-7-14-25(24)22-26/h6-11,13-20,22-23H,3-5,12,21H2,1-2H3,(H,36,40). The molecular formula is C33H33FN4O2. The van der Waals surface area contributed by atoms with Crippen LogP contribution in [0.15, 0.2) is 95.8 Å². The number of carbonyl (C=O) groups excluding carboxylic acids is 1. The predicted molar refractivity (Wildman–Crippen MR) is 160 cm³/mol. The molecule has 1 heterocycles. The Bertz CT molecular complexity index is 1710. The van der Waals surface area contributed by atoms with Gasteiger partial charge in [-0.15, -0.1) is 0 Å². The number of anilines is 1. The zero-order chi connectivity index (χ0) is 28.1. The summed E-state index contributed by atoms with van der Waals surface area (Å²) in [5.74, 6) is -0.0653. The molecule has 2 amide bonds. The van der Waals surface area contributed by atoms with E-state index in [0.29, 0.717) is 29.0 Å². The van der Waals surface area contributed by atoms with Crippen LogP contribution in [0.3, 0.4) is 0 Å². The fourth-order valence-corrected chi connectivity index (χ4v) is 5.06. The van der Waals surface area contributed by atoms with E-state index in [2.05, 4.69) is 12.2 Å². The van der Waals surface area contributed by atoms with Crippen molar-refractivity contribution in [3.63, 3.8) is 0 Å². The maximum atomic E-state index is 14.4. The molecule has 0 fully saturated rings. The van der Waals surface area contributed by atoms with E-state index in [1.54, 1.807) is 27.7 Å². The molecule has 1 aromatic heterocycles. The van der Waals surface area contributed by atoms with Crippen molar-refractivity contribution in [1.82, 2.24) is 14.5 Å².